The SMILES string of the molecule is CCOC(=O)Cn1c(=NC(=O)c2cc(Cl)cc(Cl)c2)sc2ccc(Cl)c(Cl)c21. The third-order valence-corrected chi connectivity index (χ3v) is 5.91. The quantitative estimate of drug-likeness (QED) is 0.458. The number of carbonyl (C=O) groups excluding carboxylic acids is 2. The first kappa shape index (κ1) is 21.1. The van der Waals surface area contributed by atoms with Gasteiger partial charge in [-0.15, -0.1) is 0 Å². The van der Waals surface area contributed by atoms with Crippen molar-refractivity contribution in [2.45, 2.75) is 13.5 Å². The molecule has 0 atom stereocenters. The summed E-state index contributed by atoms with van der Waals surface area (Å²) in [6, 6.07) is 7.83. The molecule has 5 nitrogen and oxygen atoms in total. The number of carbonyl (C=O) groups is 2. The van der Waals surface area contributed by atoms with Crippen molar-refractivity contribution in [2.75, 3.05) is 6.61 Å². The van der Waals surface area contributed by atoms with Gasteiger partial charge in [0.05, 0.1) is 26.9 Å². The maximum Gasteiger partial charge on any atom is 0.326 e. The van der Waals surface area contributed by atoms with Gasteiger partial charge in [-0.2, -0.15) is 4.99 Å². The Morgan fingerprint density at radius 3 is 2.43 bits per heavy atom. The van der Waals surface area contributed by atoms with E-state index < -0.39 is 11.9 Å². The lowest BCUT2D eigenvalue weighted by molar-refractivity contribution is -0.143. The molecular weight excluding hydrogens is 466 g/mol. The molecule has 0 aliphatic carbocycles. The van der Waals surface area contributed by atoms with Gasteiger partial charge in [0.2, 0.25) is 0 Å². The average Bonchev–Trinajstić information content (AvgIpc) is 2.95. The summed E-state index contributed by atoms with van der Waals surface area (Å²) in [7, 11) is 0. The smallest absolute Gasteiger partial charge is 0.326 e. The zero-order chi connectivity index (χ0) is 20.4. The van der Waals surface area contributed by atoms with Gasteiger partial charge < -0.3 is 9.30 Å². The monoisotopic (exact) mass is 476 g/mol. The number of aromatic nitrogens is 1. The second-order valence-electron chi connectivity index (χ2n) is 5.56. The first-order valence-electron chi connectivity index (χ1n) is 7.98. The highest BCUT2D eigenvalue weighted by Crippen LogP contribution is 2.32. The standard InChI is InChI=1S/C18H12Cl4N2O3S/c1-2-27-14(25)8-24-16-13(4-3-12(21)15(16)22)28-18(24)23-17(26)9-5-10(19)7-11(20)6-9/h3-7H,2,8H2,1H3. The number of amides is 1. The molecule has 0 saturated heterocycles. The molecule has 0 fully saturated rings. The summed E-state index contributed by atoms with van der Waals surface area (Å²) in [5, 5.41) is 1.22. The number of hydrogen-bond donors (Lipinski definition) is 0. The van der Waals surface area contributed by atoms with E-state index in [-0.39, 0.29) is 28.5 Å². The van der Waals surface area contributed by atoms with Crippen molar-refractivity contribution in [1.82, 2.24) is 4.57 Å². The predicted octanol–water partition coefficient (Wildman–Crippen LogP) is 5.62. The van der Waals surface area contributed by atoms with Gasteiger partial charge in [0, 0.05) is 15.6 Å². The van der Waals surface area contributed by atoms with Crippen molar-refractivity contribution in [2.24, 2.45) is 4.99 Å². The van der Waals surface area contributed by atoms with E-state index in [1.807, 2.05) is 0 Å². The van der Waals surface area contributed by atoms with Crippen LogP contribution in [0.4, 0.5) is 0 Å². The fourth-order valence-corrected chi connectivity index (χ4v) is 4.54. The molecule has 0 aliphatic rings. The highest BCUT2D eigenvalue weighted by atomic mass is 35.5. The molecule has 1 aromatic heterocycles. The molecule has 146 valence electrons. The first-order valence-corrected chi connectivity index (χ1v) is 10.3. The van der Waals surface area contributed by atoms with Crippen LogP contribution >= 0.6 is 57.7 Å². The van der Waals surface area contributed by atoms with Gasteiger partial charge in [-0.25, -0.2) is 0 Å². The van der Waals surface area contributed by atoms with Crippen molar-refractivity contribution in [3.8, 4) is 0 Å². The summed E-state index contributed by atoms with van der Waals surface area (Å²) in [6.45, 7) is 1.76. The molecule has 10 heteroatoms. The minimum Gasteiger partial charge on any atom is -0.465 e. The molecule has 0 radical (unpaired) electrons. The Morgan fingerprint density at radius 1 is 1.11 bits per heavy atom. The zero-order valence-corrected chi connectivity index (χ0v) is 18.2. The van der Waals surface area contributed by atoms with Crippen LogP contribution in [0.5, 0.6) is 0 Å². The van der Waals surface area contributed by atoms with Crippen LogP contribution in [-0.2, 0) is 16.1 Å². The van der Waals surface area contributed by atoms with Crippen molar-refractivity contribution in [3.05, 3.63) is 60.8 Å². The number of esters is 1. The van der Waals surface area contributed by atoms with Crippen LogP contribution < -0.4 is 4.80 Å². The lowest BCUT2D eigenvalue weighted by Gasteiger charge is -2.07. The maximum atomic E-state index is 12.6. The van der Waals surface area contributed by atoms with Crippen LogP contribution in [0.3, 0.4) is 0 Å². The maximum absolute atomic E-state index is 12.6. The van der Waals surface area contributed by atoms with Gasteiger partial charge in [-0.1, -0.05) is 57.7 Å². The van der Waals surface area contributed by atoms with Crippen molar-refractivity contribution in [3.63, 3.8) is 0 Å². The largest absolute Gasteiger partial charge is 0.465 e. The minimum absolute atomic E-state index is 0.170. The Labute approximate surface area is 184 Å². The van der Waals surface area contributed by atoms with E-state index in [2.05, 4.69) is 4.99 Å². The normalized spacial score (nSPS) is 11.8. The minimum atomic E-state index is -0.559. The molecule has 3 aromatic rings. The molecule has 28 heavy (non-hydrogen) atoms. The van der Waals surface area contributed by atoms with E-state index in [0.29, 0.717) is 20.6 Å². The van der Waals surface area contributed by atoms with Crippen molar-refractivity contribution in [1.29, 1.82) is 0 Å². The Morgan fingerprint density at radius 2 is 1.79 bits per heavy atom. The summed E-state index contributed by atoms with van der Waals surface area (Å²) < 4.78 is 7.24. The molecule has 0 aliphatic heterocycles. The third-order valence-electron chi connectivity index (χ3n) is 3.63. The van der Waals surface area contributed by atoms with E-state index in [4.69, 9.17) is 51.1 Å². The van der Waals surface area contributed by atoms with Gasteiger partial charge in [0.15, 0.2) is 4.80 Å². The molecule has 2 aromatic carbocycles. The Bertz CT molecular complexity index is 1130. The number of rotatable bonds is 4. The van der Waals surface area contributed by atoms with Crippen LogP contribution in [0.1, 0.15) is 17.3 Å². The van der Waals surface area contributed by atoms with Gasteiger partial charge in [0.1, 0.15) is 6.54 Å². The summed E-state index contributed by atoms with van der Waals surface area (Å²) in [4.78, 5) is 29.1. The fourth-order valence-electron chi connectivity index (χ4n) is 2.50. The summed E-state index contributed by atoms with van der Waals surface area (Å²) >= 11 is 25.6. The summed E-state index contributed by atoms with van der Waals surface area (Å²) in [5.41, 5.74) is 0.727. The van der Waals surface area contributed by atoms with Gasteiger partial charge >= 0.3 is 5.97 Å². The number of ether oxygens (including phenoxy) is 1. The average molecular weight is 478 g/mol. The van der Waals surface area contributed by atoms with Crippen LogP contribution in [-0.4, -0.2) is 23.1 Å². The van der Waals surface area contributed by atoms with Crippen LogP contribution in [0.25, 0.3) is 10.2 Å². The second-order valence-corrected chi connectivity index (χ2v) is 8.23. The molecule has 3 rings (SSSR count). The summed E-state index contributed by atoms with van der Waals surface area (Å²) in [5.74, 6) is -1.05. The van der Waals surface area contributed by atoms with E-state index in [9.17, 15) is 9.59 Å². The van der Waals surface area contributed by atoms with Crippen LogP contribution in [0.2, 0.25) is 20.1 Å². The van der Waals surface area contributed by atoms with Gasteiger partial charge in [-0.3, -0.25) is 9.59 Å². The van der Waals surface area contributed by atoms with E-state index >= 15 is 0 Å². The third kappa shape index (κ3) is 4.53. The number of halogens is 4. The lowest BCUT2D eigenvalue weighted by atomic mass is 10.2. The molecule has 0 bridgehead atoms. The molecule has 1 amide bonds. The zero-order valence-electron chi connectivity index (χ0n) is 14.3. The van der Waals surface area contributed by atoms with E-state index in [0.717, 1.165) is 4.70 Å². The fraction of sp³-hybridized carbons (Fsp3) is 0.167. The number of benzene rings is 2. The Hall–Kier alpha value is -1.57. The van der Waals surface area contributed by atoms with Gasteiger partial charge in [0.25, 0.3) is 5.91 Å². The van der Waals surface area contributed by atoms with Crippen LogP contribution in [0.15, 0.2) is 35.3 Å². The Kier molecular flexibility index (Phi) is 6.68. The Balaban J connectivity index is 2.18. The number of fused-ring (bicyclic) bond motifs is 1. The van der Waals surface area contributed by atoms with Gasteiger partial charge in [-0.05, 0) is 37.3 Å². The molecule has 0 unspecified atom stereocenters. The van der Waals surface area contributed by atoms with E-state index in [1.165, 1.54) is 34.1 Å². The lowest BCUT2D eigenvalue weighted by Crippen LogP contribution is -2.23. The van der Waals surface area contributed by atoms with Crippen LogP contribution in [0, 0.1) is 0 Å². The molecule has 0 spiro atoms. The number of thiazole rings is 1. The molecular formula is C18H12Cl4N2O3S. The second kappa shape index (κ2) is 8.84. The highest BCUT2D eigenvalue weighted by Gasteiger charge is 2.17. The van der Waals surface area contributed by atoms with E-state index in [1.54, 1.807) is 19.1 Å². The predicted molar refractivity (Wildman–Crippen MR) is 113 cm³/mol. The topological polar surface area (TPSA) is 60.7 Å². The molecule has 0 N–H and O–H groups in total. The molecule has 0 saturated carbocycles. The number of nitrogens with zero attached hydrogens (tertiary/aromatic N) is 2. The first-order chi connectivity index (χ1) is 13.3. The number of hydrogen-bond acceptors (Lipinski definition) is 4. The van der Waals surface area contributed by atoms with Crippen molar-refractivity contribution < 1.29 is 14.3 Å². The highest BCUT2D eigenvalue weighted by molar-refractivity contribution is 7.16. The van der Waals surface area contributed by atoms with Crippen molar-refractivity contribution >= 4 is 79.8 Å². The summed E-state index contributed by atoms with van der Waals surface area (Å²) in [6.07, 6.45) is 0. The molecule has 1 heterocycles.